The molecule has 31 heavy (non-hydrogen) atoms. The number of carbonyl (C=O) groups excluding carboxylic acids is 1. The standard InChI is InChI=1S/C22H16N4O3S.ClH/c27-21(24-15-9-10-16-17(12-15)29-13-28-16)20-19(14-6-2-1-3-7-14)26-22(30-20)25-18-8-4-5-11-23-18;/h1-12H,13H2,(H,24,27)(H,23,25,26);1H. The molecule has 2 aromatic heterocycles. The van der Waals surface area contributed by atoms with Crippen LogP contribution in [0, 0.1) is 0 Å². The van der Waals surface area contributed by atoms with Crippen molar-refractivity contribution in [2.24, 2.45) is 0 Å². The summed E-state index contributed by atoms with van der Waals surface area (Å²) < 4.78 is 10.7. The summed E-state index contributed by atoms with van der Waals surface area (Å²) in [5.74, 6) is 1.68. The second kappa shape index (κ2) is 9.03. The third kappa shape index (κ3) is 4.45. The summed E-state index contributed by atoms with van der Waals surface area (Å²) in [6, 6.07) is 20.5. The van der Waals surface area contributed by atoms with E-state index in [0.717, 1.165) is 5.56 Å². The third-order valence-corrected chi connectivity index (χ3v) is 5.38. The molecule has 4 aromatic rings. The van der Waals surface area contributed by atoms with E-state index >= 15 is 0 Å². The van der Waals surface area contributed by atoms with Gasteiger partial charge in [-0.1, -0.05) is 47.7 Å². The molecule has 5 rings (SSSR count). The van der Waals surface area contributed by atoms with E-state index in [0.29, 0.717) is 38.7 Å². The summed E-state index contributed by atoms with van der Waals surface area (Å²) in [5.41, 5.74) is 2.09. The van der Waals surface area contributed by atoms with Gasteiger partial charge in [-0.25, -0.2) is 9.97 Å². The van der Waals surface area contributed by atoms with Crippen molar-refractivity contribution in [2.75, 3.05) is 17.4 Å². The maximum absolute atomic E-state index is 13.1. The topological polar surface area (TPSA) is 85.4 Å². The molecule has 0 bridgehead atoms. The highest BCUT2D eigenvalue weighted by Crippen LogP contribution is 2.36. The lowest BCUT2D eigenvalue weighted by Gasteiger charge is -2.06. The van der Waals surface area contributed by atoms with Crippen molar-refractivity contribution in [1.82, 2.24) is 9.97 Å². The molecule has 0 radical (unpaired) electrons. The first-order chi connectivity index (χ1) is 14.8. The van der Waals surface area contributed by atoms with Crippen LogP contribution in [-0.2, 0) is 0 Å². The number of hydrogen-bond donors (Lipinski definition) is 2. The SMILES string of the molecule is Cl.O=C(Nc1ccc2c(c1)OCO2)c1sc(Nc2ccccn2)nc1-c1ccccc1. The number of halogens is 1. The van der Waals surface area contributed by atoms with E-state index in [1.54, 1.807) is 24.4 Å². The first-order valence-corrected chi connectivity index (χ1v) is 10.0. The largest absolute Gasteiger partial charge is 0.454 e. The van der Waals surface area contributed by atoms with Crippen LogP contribution in [0.5, 0.6) is 11.5 Å². The van der Waals surface area contributed by atoms with Crippen LogP contribution in [0.25, 0.3) is 11.3 Å². The van der Waals surface area contributed by atoms with Gasteiger partial charge in [0.05, 0.1) is 5.69 Å². The van der Waals surface area contributed by atoms with E-state index in [9.17, 15) is 4.79 Å². The average molecular weight is 453 g/mol. The quantitative estimate of drug-likeness (QED) is 0.424. The number of pyridine rings is 1. The fraction of sp³-hybridized carbons (Fsp3) is 0.0455. The van der Waals surface area contributed by atoms with Crippen molar-refractivity contribution in [3.05, 3.63) is 77.8 Å². The van der Waals surface area contributed by atoms with Gasteiger partial charge in [0.1, 0.15) is 10.7 Å². The molecule has 0 fully saturated rings. The van der Waals surface area contributed by atoms with Gasteiger partial charge in [0.2, 0.25) is 6.79 Å². The molecule has 7 nitrogen and oxygen atoms in total. The molecular weight excluding hydrogens is 436 g/mol. The van der Waals surface area contributed by atoms with E-state index in [1.165, 1.54) is 11.3 Å². The lowest BCUT2D eigenvalue weighted by molar-refractivity contribution is 0.103. The molecule has 2 aromatic carbocycles. The summed E-state index contributed by atoms with van der Waals surface area (Å²) in [6.45, 7) is 0.183. The fourth-order valence-electron chi connectivity index (χ4n) is 3.03. The normalized spacial score (nSPS) is 11.5. The van der Waals surface area contributed by atoms with Crippen LogP contribution in [0.2, 0.25) is 0 Å². The minimum atomic E-state index is -0.251. The maximum atomic E-state index is 13.1. The number of nitrogens with one attached hydrogen (secondary N) is 2. The molecule has 2 N–H and O–H groups in total. The zero-order valence-electron chi connectivity index (χ0n) is 16.1. The van der Waals surface area contributed by atoms with Gasteiger partial charge in [0, 0.05) is 23.5 Å². The number of fused-ring (bicyclic) bond motifs is 1. The number of nitrogens with zero attached hydrogens (tertiary/aromatic N) is 2. The van der Waals surface area contributed by atoms with E-state index < -0.39 is 0 Å². The number of aromatic nitrogens is 2. The Kier molecular flexibility index (Phi) is 6.01. The Labute approximate surface area is 188 Å². The van der Waals surface area contributed by atoms with Crippen LogP contribution in [0.1, 0.15) is 9.67 Å². The van der Waals surface area contributed by atoms with Crippen LogP contribution in [0.3, 0.4) is 0 Å². The Hall–Kier alpha value is -3.62. The highest BCUT2D eigenvalue weighted by molar-refractivity contribution is 7.18. The van der Waals surface area contributed by atoms with Crippen molar-refractivity contribution < 1.29 is 14.3 Å². The minimum Gasteiger partial charge on any atom is -0.454 e. The predicted molar refractivity (Wildman–Crippen MR) is 123 cm³/mol. The van der Waals surface area contributed by atoms with Crippen LogP contribution >= 0.6 is 23.7 Å². The second-order valence-electron chi connectivity index (χ2n) is 6.42. The van der Waals surface area contributed by atoms with Gasteiger partial charge in [-0.05, 0) is 24.3 Å². The second-order valence-corrected chi connectivity index (χ2v) is 7.42. The minimum absolute atomic E-state index is 0. The Morgan fingerprint density at radius 3 is 2.58 bits per heavy atom. The molecule has 1 amide bonds. The number of benzene rings is 2. The Balaban J connectivity index is 0.00000231. The molecule has 0 spiro atoms. The number of rotatable bonds is 5. The number of thiazole rings is 1. The molecule has 0 saturated carbocycles. The van der Waals surface area contributed by atoms with Crippen LogP contribution in [0.15, 0.2) is 72.9 Å². The molecule has 1 aliphatic rings. The van der Waals surface area contributed by atoms with E-state index in [-0.39, 0.29) is 25.1 Å². The summed E-state index contributed by atoms with van der Waals surface area (Å²) in [4.78, 5) is 22.5. The van der Waals surface area contributed by atoms with Gasteiger partial charge in [-0.15, -0.1) is 12.4 Å². The van der Waals surface area contributed by atoms with Crippen molar-refractivity contribution in [3.8, 4) is 22.8 Å². The van der Waals surface area contributed by atoms with Crippen molar-refractivity contribution >= 4 is 46.3 Å². The van der Waals surface area contributed by atoms with Gasteiger partial charge < -0.3 is 20.1 Å². The molecule has 0 saturated heterocycles. The van der Waals surface area contributed by atoms with Crippen molar-refractivity contribution in [3.63, 3.8) is 0 Å². The monoisotopic (exact) mass is 452 g/mol. The van der Waals surface area contributed by atoms with Crippen molar-refractivity contribution in [1.29, 1.82) is 0 Å². The van der Waals surface area contributed by atoms with Crippen LogP contribution < -0.4 is 20.1 Å². The highest BCUT2D eigenvalue weighted by atomic mass is 35.5. The Bertz CT molecular complexity index is 1200. The fourth-order valence-corrected chi connectivity index (χ4v) is 3.92. The molecule has 0 atom stereocenters. The summed E-state index contributed by atoms with van der Waals surface area (Å²) >= 11 is 1.27. The number of anilines is 3. The number of amides is 1. The summed E-state index contributed by atoms with van der Waals surface area (Å²) in [6.07, 6.45) is 1.70. The summed E-state index contributed by atoms with van der Waals surface area (Å²) in [7, 11) is 0. The van der Waals surface area contributed by atoms with Crippen molar-refractivity contribution in [2.45, 2.75) is 0 Å². The molecule has 0 aliphatic carbocycles. The Morgan fingerprint density at radius 2 is 1.77 bits per heavy atom. The van der Waals surface area contributed by atoms with E-state index in [2.05, 4.69) is 20.6 Å². The van der Waals surface area contributed by atoms with Crippen LogP contribution in [0.4, 0.5) is 16.6 Å². The van der Waals surface area contributed by atoms with Crippen LogP contribution in [-0.4, -0.2) is 22.7 Å². The zero-order chi connectivity index (χ0) is 20.3. The number of hydrogen-bond acceptors (Lipinski definition) is 7. The van der Waals surface area contributed by atoms with E-state index in [1.807, 2.05) is 48.5 Å². The first-order valence-electron chi connectivity index (χ1n) is 9.21. The molecule has 156 valence electrons. The zero-order valence-corrected chi connectivity index (χ0v) is 17.7. The lowest BCUT2D eigenvalue weighted by atomic mass is 10.1. The smallest absolute Gasteiger partial charge is 0.268 e. The number of ether oxygens (including phenoxy) is 2. The van der Waals surface area contributed by atoms with Gasteiger partial charge in [0.25, 0.3) is 5.91 Å². The molecule has 1 aliphatic heterocycles. The molecular formula is C22H17ClN4O3S. The Morgan fingerprint density at radius 1 is 0.968 bits per heavy atom. The third-order valence-electron chi connectivity index (χ3n) is 4.41. The van der Waals surface area contributed by atoms with Gasteiger partial charge in [-0.3, -0.25) is 4.79 Å². The van der Waals surface area contributed by atoms with Gasteiger partial charge >= 0.3 is 0 Å². The predicted octanol–water partition coefficient (Wildman–Crippen LogP) is 5.35. The van der Waals surface area contributed by atoms with Gasteiger partial charge in [-0.2, -0.15) is 0 Å². The number of carbonyl (C=O) groups is 1. The average Bonchev–Trinajstić information content (AvgIpc) is 3.42. The molecule has 9 heteroatoms. The highest BCUT2D eigenvalue weighted by Gasteiger charge is 2.21. The lowest BCUT2D eigenvalue weighted by Crippen LogP contribution is -2.11. The first kappa shape index (κ1) is 20.6. The molecule has 0 unspecified atom stereocenters. The van der Waals surface area contributed by atoms with E-state index in [4.69, 9.17) is 9.47 Å². The maximum Gasteiger partial charge on any atom is 0.268 e. The molecule has 3 heterocycles. The van der Waals surface area contributed by atoms with Gasteiger partial charge in [0.15, 0.2) is 16.6 Å². The summed E-state index contributed by atoms with van der Waals surface area (Å²) in [5, 5.41) is 6.68.